The van der Waals surface area contributed by atoms with Gasteiger partial charge in [-0.25, -0.2) is 0 Å². The van der Waals surface area contributed by atoms with Gasteiger partial charge in [0.15, 0.2) is 0 Å². The summed E-state index contributed by atoms with van der Waals surface area (Å²) in [6, 6.07) is 2.07. The lowest BCUT2D eigenvalue weighted by Crippen LogP contribution is -2.20. The lowest BCUT2D eigenvalue weighted by Gasteiger charge is -2.24. The summed E-state index contributed by atoms with van der Waals surface area (Å²) in [6.45, 7) is 6.56. The van der Waals surface area contributed by atoms with Crippen molar-refractivity contribution in [3.05, 3.63) is 18.0 Å². The molecule has 1 heterocycles. The summed E-state index contributed by atoms with van der Waals surface area (Å²) in [4.78, 5) is 0. The van der Waals surface area contributed by atoms with Gasteiger partial charge in [0.25, 0.3) is 0 Å². The lowest BCUT2D eigenvalue weighted by atomic mass is 9.89. The third kappa shape index (κ3) is 4.25. The number of halogens is 1. The largest absolute Gasteiger partial charge is 0.276 e. The predicted octanol–water partition coefficient (Wildman–Crippen LogP) is 3.40. The van der Waals surface area contributed by atoms with Gasteiger partial charge in [-0.3, -0.25) is 4.68 Å². The third-order valence-electron chi connectivity index (χ3n) is 2.60. The molecule has 0 aliphatic rings. The van der Waals surface area contributed by atoms with Crippen molar-refractivity contribution in [2.75, 3.05) is 0 Å². The Balaban J connectivity index is 2.28. The zero-order valence-corrected chi connectivity index (χ0v) is 10.9. The molecule has 0 saturated carbocycles. The number of nitrogens with zero attached hydrogens (tertiary/aromatic N) is 2. The molecule has 3 heteroatoms. The van der Waals surface area contributed by atoms with Gasteiger partial charge < -0.3 is 0 Å². The molecule has 1 atom stereocenters. The molecule has 86 valence electrons. The molecular weight excluding hydrogens is 208 g/mol. The molecule has 0 spiro atoms. The van der Waals surface area contributed by atoms with Crippen LogP contribution in [0.5, 0.6) is 0 Å². The molecule has 0 bridgehead atoms. The van der Waals surface area contributed by atoms with Crippen LogP contribution in [0.25, 0.3) is 0 Å². The van der Waals surface area contributed by atoms with Gasteiger partial charge in [-0.05, 0) is 30.7 Å². The van der Waals surface area contributed by atoms with Gasteiger partial charge in [-0.2, -0.15) is 5.10 Å². The van der Waals surface area contributed by atoms with Gasteiger partial charge in [-0.15, -0.1) is 11.6 Å². The Morgan fingerprint density at radius 2 is 2.13 bits per heavy atom. The van der Waals surface area contributed by atoms with Crippen molar-refractivity contribution in [2.45, 2.75) is 45.4 Å². The van der Waals surface area contributed by atoms with Crippen molar-refractivity contribution in [2.24, 2.45) is 12.5 Å². The fourth-order valence-electron chi connectivity index (χ4n) is 1.49. The number of alkyl halides is 1. The molecule has 0 aliphatic heterocycles. The van der Waals surface area contributed by atoms with E-state index in [-0.39, 0.29) is 10.8 Å². The van der Waals surface area contributed by atoms with Gasteiger partial charge >= 0.3 is 0 Å². The quantitative estimate of drug-likeness (QED) is 0.723. The number of rotatable bonds is 4. The minimum absolute atomic E-state index is 0.200. The predicted molar refractivity (Wildman–Crippen MR) is 65.2 cm³/mol. The monoisotopic (exact) mass is 228 g/mol. The van der Waals surface area contributed by atoms with E-state index in [1.54, 1.807) is 0 Å². The molecule has 1 aromatic heterocycles. The average molecular weight is 229 g/mol. The standard InChI is InChI=1S/C12H21ClN2/c1-12(2,3)11(13)7-5-6-10-8-9-15(4)14-10/h8-9,11H,5-7H2,1-4H3. The highest BCUT2D eigenvalue weighted by Gasteiger charge is 2.21. The minimum atomic E-state index is 0.200. The van der Waals surface area contributed by atoms with E-state index >= 15 is 0 Å². The van der Waals surface area contributed by atoms with Crippen LogP contribution >= 0.6 is 11.6 Å². The molecule has 0 saturated heterocycles. The molecule has 0 aliphatic carbocycles. The van der Waals surface area contributed by atoms with E-state index in [0.29, 0.717) is 0 Å². The fourth-order valence-corrected chi connectivity index (χ4v) is 1.65. The maximum absolute atomic E-state index is 6.30. The van der Waals surface area contributed by atoms with Gasteiger partial charge in [0.05, 0.1) is 5.69 Å². The third-order valence-corrected chi connectivity index (χ3v) is 3.47. The molecule has 0 N–H and O–H groups in total. The average Bonchev–Trinajstić information content (AvgIpc) is 2.49. The van der Waals surface area contributed by atoms with Crippen molar-refractivity contribution >= 4 is 11.6 Å². The molecule has 0 aromatic carbocycles. The van der Waals surface area contributed by atoms with Crippen LogP contribution in [0.4, 0.5) is 0 Å². The van der Waals surface area contributed by atoms with Gasteiger partial charge in [0.1, 0.15) is 0 Å². The van der Waals surface area contributed by atoms with E-state index in [9.17, 15) is 0 Å². The smallest absolute Gasteiger partial charge is 0.0624 e. The van der Waals surface area contributed by atoms with Gasteiger partial charge in [0, 0.05) is 18.6 Å². The highest BCUT2D eigenvalue weighted by molar-refractivity contribution is 6.21. The normalized spacial score (nSPS) is 14.2. The summed E-state index contributed by atoms with van der Waals surface area (Å²) in [7, 11) is 1.95. The summed E-state index contributed by atoms with van der Waals surface area (Å²) >= 11 is 6.30. The van der Waals surface area contributed by atoms with E-state index in [1.165, 1.54) is 0 Å². The van der Waals surface area contributed by atoms with Crippen molar-refractivity contribution < 1.29 is 0 Å². The summed E-state index contributed by atoms with van der Waals surface area (Å²) in [6.07, 6.45) is 5.18. The Morgan fingerprint density at radius 3 is 2.60 bits per heavy atom. The molecular formula is C12H21ClN2. The first-order valence-electron chi connectivity index (χ1n) is 5.52. The highest BCUT2D eigenvalue weighted by Crippen LogP contribution is 2.28. The number of aryl methyl sites for hydroxylation is 2. The number of hydrogen-bond donors (Lipinski definition) is 0. The first-order chi connectivity index (χ1) is 6.89. The van der Waals surface area contributed by atoms with Crippen molar-refractivity contribution in [1.82, 2.24) is 9.78 Å². The molecule has 1 rings (SSSR count). The molecule has 15 heavy (non-hydrogen) atoms. The highest BCUT2D eigenvalue weighted by atomic mass is 35.5. The maximum atomic E-state index is 6.30. The summed E-state index contributed by atoms with van der Waals surface area (Å²) < 4.78 is 1.84. The minimum Gasteiger partial charge on any atom is -0.276 e. The second kappa shape index (κ2) is 5.02. The molecule has 0 fully saturated rings. The Morgan fingerprint density at radius 1 is 1.47 bits per heavy atom. The van der Waals surface area contributed by atoms with Crippen LogP contribution in [-0.4, -0.2) is 15.2 Å². The second-order valence-electron chi connectivity index (χ2n) is 5.21. The van der Waals surface area contributed by atoms with Crippen molar-refractivity contribution in [1.29, 1.82) is 0 Å². The first-order valence-corrected chi connectivity index (χ1v) is 5.96. The van der Waals surface area contributed by atoms with Gasteiger partial charge in [0.2, 0.25) is 0 Å². The Hall–Kier alpha value is -0.500. The van der Waals surface area contributed by atoms with Crippen LogP contribution < -0.4 is 0 Å². The first kappa shape index (κ1) is 12.6. The molecule has 1 aromatic rings. The maximum Gasteiger partial charge on any atom is 0.0624 e. The Kier molecular flexibility index (Phi) is 4.21. The van der Waals surface area contributed by atoms with Gasteiger partial charge in [-0.1, -0.05) is 20.8 Å². The van der Waals surface area contributed by atoms with E-state index in [1.807, 2.05) is 17.9 Å². The van der Waals surface area contributed by atoms with Crippen molar-refractivity contribution in [3.63, 3.8) is 0 Å². The topological polar surface area (TPSA) is 17.8 Å². The summed E-state index contributed by atoms with van der Waals surface area (Å²) in [5.41, 5.74) is 1.36. The van der Waals surface area contributed by atoms with E-state index in [2.05, 4.69) is 31.9 Å². The van der Waals surface area contributed by atoms with Crippen LogP contribution in [0.1, 0.15) is 39.3 Å². The SMILES string of the molecule is Cn1ccc(CCCC(Cl)C(C)(C)C)n1. The van der Waals surface area contributed by atoms with E-state index in [0.717, 1.165) is 25.0 Å². The van der Waals surface area contributed by atoms with Crippen LogP contribution in [0, 0.1) is 5.41 Å². The Labute approximate surface area is 97.6 Å². The number of hydrogen-bond acceptors (Lipinski definition) is 1. The second-order valence-corrected chi connectivity index (χ2v) is 5.73. The van der Waals surface area contributed by atoms with Crippen molar-refractivity contribution in [3.8, 4) is 0 Å². The van der Waals surface area contributed by atoms with E-state index < -0.39 is 0 Å². The van der Waals surface area contributed by atoms with Crippen LogP contribution in [0.3, 0.4) is 0 Å². The number of aromatic nitrogens is 2. The zero-order chi connectivity index (χ0) is 11.5. The van der Waals surface area contributed by atoms with Crippen LogP contribution in [0.2, 0.25) is 0 Å². The summed E-state index contributed by atoms with van der Waals surface area (Å²) in [5, 5.41) is 4.59. The van der Waals surface area contributed by atoms with Crippen LogP contribution in [0.15, 0.2) is 12.3 Å². The summed E-state index contributed by atoms with van der Waals surface area (Å²) in [5.74, 6) is 0. The van der Waals surface area contributed by atoms with E-state index in [4.69, 9.17) is 11.6 Å². The fraction of sp³-hybridized carbons (Fsp3) is 0.750. The molecule has 1 unspecified atom stereocenters. The van der Waals surface area contributed by atoms with Crippen LogP contribution in [-0.2, 0) is 13.5 Å². The molecule has 0 amide bonds. The zero-order valence-electron chi connectivity index (χ0n) is 10.1. The molecule has 0 radical (unpaired) electrons. The molecule has 2 nitrogen and oxygen atoms in total. The Bertz CT molecular complexity index is 299. The lowest BCUT2D eigenvalue weighted by molar-refractivity contribution is 0.368.